The number of likely N-dealkylation sites (tertiary alicyclic amines) is 1. The number of carbonyl (C=O) groups excluding carboxylic acids is 1. The SMILES string of the molecule is Cc1cccc(F)c1C(=O)N[C@@H](Cc1cccc2c(-c3c(C(F)(F)F)c4cc(CCN5CCC(F)(F)C5)ccc4n(C)c3=O)cccc12)C(=O)O. The van der Waals surface area contributed by atoms with E-state index in [1.165, 1.54) is 62.5 Å². The molecule has 6 rings (SSSR count). The van der Waals surface area contributed by atoms with Crippen molar-refractivity contribution in [1.29, 1.82) is 0 Å². The van der Waals surface area contributed by atoms with Gasteiger partial charge in [-0.25, -0.2) is 18.0 Å². The second kappa shape index (κ2) is 13.5. The lowest BCUT2D eigenvalue weighted by Crippen LogP contribution is -2.42. The van der Waals surface area contributed by atoms with Crippen molar-refractivity contribution in [1.82, 2.24) is 14.8 Å². The quantitative estimate of drug-likeness (QED) is 0.159. The van der Waals surface area contributed by atoms with Crippen LogP contribution >= 0.6 is 0 Å². The molecule has 1 aliphatic rings. The summed E-state index contributed by atoms with van der Waals surface area (Å²) in [5.74, 6) is -5.98. The third-order valence-corrected chi connectivity index (χ3v) is 9.47. The zero-order valence-corrected chi connectivity index (χ0v) is 27.6. The van der Waals surface area contributed by atoms with Crippen molar-refractivity contribution in [3.63, 3.8) is 0 Å². The third kappa shape index (κ3) is 7.07. The standard InChI is InChI=1S/C38H33F6N3O4/c1-21-6-3-11-28(39)31(21)34(48)45-29(36(50)51)19-23-7-4-9-25-24(23)8-5-10-26(25)32-33(38(42,43)44)27-18-22(12-13-30(27)46(2)35(32)49)14-16-47-17-15-37(40,41)20-47/h3-13,18,29H,14-17,19-20H2,1-2H3,(H,45,48)(H,50,51)/t29-/m0/s1. The number of hydrogen-bond donors (Lipinski definition) is 2. The van der Waals surface area contributed by atoms with Gasteiger partial charge in [0.1, 0.15) is 11.9 Å². The fraction of sp³-hybridized carbons (Fsp3) is 0.289. The van der Waals surface area contributed by atoms with E-state index < -0.39 is 59.1 Å². The molecule has 13 heteroatoms. The molecule has 1 aliphatic heterocycles. The molecule has 1 aromatic heterocycles. The number of carboxylic acid groups (broad SMARTS) is 1. The maximum Gasteiger partial charge on any atom is 0.417 e. The molecule has 51 heavy (non-hydrogen) atoms. The van der Waals surface area contributed by atoms with Gasteiger partial charge in [-0.1, -0.05) is 54.6 Å². The lowest BCUT2D eigenvalue weighted by molar-refractivity contribution is -0.139. The second-order valence-corrected chi connectivity index (χ2v) is 12.9. The molecule has 1 saturated heterocycles. The number of benzene rings is 4. The number of rotatable bonds is 9. The Balaban J connectivity index is 1.43. The monoisotopic (exact) mass is 709 g/mol. The van der Waals surface area contributed by atoms with E-state index in [4.69, 9.17) is 0 Å². The van der Waals surface area contributed by atoms with Gasteiger partial charge in [-0.2, -0.15) is 13.2 Å². The van der Waals surface area contributed by atoms with Gasteiger partial charge in [0, 0.05) is 38.4 Å². The highest BCUT2D eigenvalue weighted by atomic mass is 19.4. The molecule has 0 spiro atoms. The number of nitrogens with one attached hydrogen (secondary N) is 1. The summed E-state index contributed by atoms with van der Waals surface area (Å²) in [6, 6.07) is 15.9. The minimum atomic E-state index is -4.99. The topological polar surface area (TPSA) is 91.6 Å². The number of nitrogens with zero attached hydrogens (tertiary/aromatic N) is 2. The number of aryl methyl sites for hydroxylation is 2. The molecular formula is C38H33F6N3O4. The molecule has 2 heterocycles. The predicted molar refractivity (Wildman–Crippen MR) is 181 cm³/mol. The van der Waals surface area contributed by atoms with Gasteiger partial charge in [-0.3, -0.25) is 14.5 Å². The van der Waals surface area contributed by atoms with E-state index in [1.807, 2.05) is 0 Å². The number of amides is 1. The highest BCUT2D eigenvalue weighted by Gasteiger charge is 2.39. The largest absolute Gasteiger partial charge is 0.480 e. The first kappa shape index (κ1) is 35.6. The number of hydrogen-bond acceptors (Lipinski definition) is 4. The molecule has 0 unspecified atom stereocenters. The molecule has 5 aromatic rings. The van der Waals surface area contributed by atoms with Crippen molar-refractivity contribution in [2.24, 2.45) is 7.05 Å². The smallest absolute Gasteiger partial charge is 0.417 e. The fourth-order valence-electron chi connectivity index (χ4n) is 6.92. The van der Waals surface area contributed by atoms with Crippen molar-refractivity contribution in [3.05, 3.63) is 117 Å². The molecule has 0 aliphatic carbocycles. The molecule has 1 fully saturated rings. The van der Waals surface area contributed by atoms with Gasteiger partial charge in [0.25, 0.3) is 17.4 Å². The fourth-order valence-corrected chi connectivity index (χ4v) is 6.92. The molecule has 2 N–H and O–H groups in total. The number of aliphatic carboxylic acids is 1. The maximum atomic E-state index is 15.1. The number of carboxylic acids is 1. The Labute approximate surface area is 288 Å². The zero-order chi connectivity index (χ0) is 36.8. The van der Waals surface area contributed by atoms with E-state index in [0.717, 1.165) is 10.6 Å². The predicted octanol–water partition coefficient (Wildman–Crippen LogP) is 7.13. The van der Waals surface area contributed by atoms with Crippen LogP contribution in [0, 0.1) is 12.7 Å². The summed E-state index contributed by atoms with van der Waals surface area (Å²) in [5, 5.41) is 12.7. The van der Waals surface area contributed by atoms with Crippen molar-refractivity contribution in [3.8, 4) is 11.1 Å². The Morgan fingerprint density at radius 2 is 1.69 bits per heavy atom. The van der Waals surface area contributed by atoms with E-state index in [9.17, 15) is 32.7 Å². The van der Waals surface area contributed by atoms with Gasteiger partial charge in [-0.15, -0.1) is 0 Å². The average Bonchev–Trinajstić information content (AvgIpc) is 3.42. The molecule has 1 amide bonds. The van der Waals surface area contributed by atoms with Crippen LogP contribution in [0.5, 0.6) is 0 Å². The summed E-state index contributed by atoms with van der Waals surface area (Å²) in [7, 11) is 1.37. The first-order valence-corrected chi connectivity index (χ1v) is 16.2. The van der Waals surface area contributed by atoms with E-state index in [2.05, 4.69) is 5.32 Å². The summed E-state index contributed by atoms with van der Waals surface area (Å²) in [5.41, 5.74) is -1.82. The summed E-state index contributed by atoms with van der Waals surface area (Å²) in [6.45, 7) is 1.50. The van der Waals surface area contributed by atoms with Crippen LogP contribution in [-0.2, 0) is 30.9 Å². The molecular weight excluding hydrogens is 676 g/mol. The van der Waals surface area contributed by atoms with Gasteiger partial charge < -0.3 is 15.0 Å². The number of aromatic nitrogens is 1. The number of pyridine rings is 1. The zero-order valence-electron chi connectivity index (χ0n) is 27.6. The summed E-state index contributed by atoms with van der Waals surface area (Å²) < 4.78 is 88.4. The normalized spacial score (nSPS) is 15.4. The number of alkyl halides is 5. The van der Waals surface area contributed by atoms with E-state index in [1.54, 1.807) is 23.1 Å². The Hall–Kier alpha value is -5.17. The number of fused-ring (bicyclic) bond motifs is 2. The summed E-state index contributed by atoms with van der Waals surface area (Å²) in [6.07, 6.45) is -5.35. The van der Waals surface area contributed by atoms with Gasteiger partial charge in [0.2, 0.25) is 0 Å². The van der Waals surface area contributed by atoms with Crippen molar-refractivity contribution in [2.75, 3.05) is 19.6 Å². The van der Waals surface area contributed by atoms with Crippen LogP contribution in [0.3, 0.4) is 0 Å². The minimum Gasteiger partial charge on any atom is -0.480 e. The Kier molecular flexibility index (Phi) is 9.45. The molecule has 0 bridgehead atoms. The van der Waals surface area contributed by atoms with Crippen molar-refractivity contribution >= 4 is 33.6 Å². The van der Waals surface area contributed by atoms with Gasteiger partial charge >= 0.3 is 12.1 Å². The van der Waals surface area contributed by atoms with E-state index in [0.29, 0.717) is 22.1 Å². The van der Waals surface area contributed by atoms with E-state index in [-0.39, 0.29) is 59.8 Å². The van der Waals surface area contributed by atoms with Crippen LogP contribution in [0.4, 0.5) is 26.3 Å². The van der Waals surface area contributed by atoms with Crippen LogP contribution < -0.4 is 10.9 Å². The summed E-state index contributed by atoms with van der Waals surface area (Å²) >= 11 is 0. The molecule has 266 valence electrons. The highest BCUT2D eigenvalue weighted by Crippen LogP contribution is 2.42. The molecule has 4 aromatic carbocycles. The Morgan fingerprint density at radius 1 is 0.980 bits per heavy atom. The van der Waals surface area contributed by atoms with Crippen LogP contribution in [0.15, 0.2) is 77.6 Å². The second-order valence-electron chi connectivity index (χ2n) is 12.9. The van der Waals surface area contributed by atoms with Crippen LogP contribution in [0.2, 0.25) is 0 Å². The Morgan fingerprint density at radius 3 is 2.35 bits per heavy atom. The molecule has 0 saturated carbocycles. The van der Waals surface area contributed by atoms with Crippen molar-refractivity contribution < 1.29 is 41.0 Å². The lowest BCUT2D eigenvalue weighted by atomic mass is 9.90. The maximum absolute atomic E-state index is 15.1. The number of halogens is 6. The molecule has 1 atom stereocenters. The van der Waals surface area contributed by atoms with Crippen LogP contribution in [-0.4, -0.2) is 58.0 Å². The van der Waals surface area contributed by atoms with Crippen LogP contribution in [0.25, 0.3) is 32.8 Å². The third-order valence-electron chi connectivity index (χ3n) is 9.47. The van der Waals surface area contributed by atoms with Crippen LogP contribution in [0.1, 0.15) is 39.0 Å². The average molecular weight is 710 g/mol. The molecule has 0 radical (unpaired) electrons. The number of carbonyl (C=O) groups is 2. The van der Waals surface area contributed by atoms with E-state index >= 15 is 13.2 Å². The van der Waals surface area contributed by atoms with Gasteiger partial charge in [-0.05, 0) is 64.6 Å². The molecule has 7 nitrogen and oxygen atoms in total. The lowest BCUT2D eigenvalue weighted by Gasteiger charge is -2.21. The summed E-state index contributed by atoms with van der Waals surface area (Å²) in [4.78, 5) is 40.7. The van der Waals surface area contributed by atoms with Crippen molar-refractivity contribution in [2.45, 2.75) is 44.3 Å². The minimum absolute atomic E-state index is 0.0354. The Bertz CT molecular complexity index is 2230. The van der Waals surface area contributed by atoms with Gasteiger partial charge in [0.05, 0.1) is 28.8 Å². The first-order chi connectivity index (χ1) is 24.1. The highest BCUT2D eigenvalue weighted by molar-refractivity contribution is 6.02. The first-order valence-electron chi connectivity index (χ1n) is 16.2. The van der Waals surface area contributed by atoms with Gasteiger partial charge in [0.15, 0.2) is 0 Å².